The first-order chi connectivity index (χ1) is 17.3. The maximum Gasteiger partial charge on any atom is 0.408 e. The van der Waals surface area contributed by atoms with Gasteiger partial charge in [0.2, 0.25) is 11.7 Å². The Morgan fingerprint density at radius 2 is 1.72 bits per heavy atom. The van der Waals surface area contributed by atoms with Crippen LogP contribution in [-0.2, 0) is 30.5 Å². The molecule has 0 aromatic heterocycles. The lowest BCUT2D eigenvalue weighted by Gasteiger charge is -2.26. The monoisotopic (exact) mass is 504 g/mol. The standard InChI is InChI=1S/C26H40N4O6/c1-4-21(23(31)25(33)27-11-8-12-30-13-15-35-16-14-30)28-24(32)22(17-19(2)3)29-26(34)36-18-20-9-6-5-7-10-20/h5-7,9-10,19,21-22H,4,8,11-18H2,1-3H3,(H,27,33)(H,28,32)(H,29,34)/t21?,22-/m0/s1. The molecule has 10 heteroatoms. The van der Waals surface area contributed by atoms with Crippen molar-refractivity contribution < 1.29 is 28.7 Å². The number of nitrogens with zero attached hydrogens (tertiary/aromatic N) is 1. The number of carbonyl (C=O) groups is 4. The van der Waals surface area contributed by atoms with Crippen molar-refractivity contribution in [2.75, 3.05) is 39.4 Å². The molecular weight excluding hydrogens is 464 g/mol. The first-order valence-electron chi connectivity index (χ1n) is 12.7. The zero-order chi connectivity index (χ0) is 26.3. The third-order valence-corrected chi connectivity index (χ3v) is 5.83. The second kappa shape index (κ2) is 15.9. The maximum absolute atomic E-state index is 12.9. The predicted molar refractivity (Wildman–Crippen MR) is 135 cm³/mol. The van der Waals surface area contributed by atoms with E-state index in [1.54, 1.807) is 6.92 Å². The third-order valence-electron chi connectivity index (χ3n) is 5.83. The van der Waals surface area contributed by atoms with Crippen LogP contribution in [0, 0.1) is 5.92 Å². The molecule has 0 saturated carbocycles. The average molecular weight is 505 g/mol. The fraction of sp³-hybridized carbons (Fsp3) is 0.615. The number of carbonyl (C=O) groups excluding carboxylic acids is 4. The van der Waals surface area contributed by atoms with Crippen LogP contribution in [0.15, 0.2) is 30.3 Å². The number of benzene rings is 1. The Balaban J connectivity index is 1.82. The van der Waals surface area contributed by atoms with Crippen LogP contribution in [-0.4, -0.2) is 80.1 Å². The Kier molecular flexibility index (Phi) is 12.9. The Morgan fingerprint density at radius 3 is 2.36 bits per heavy atom. The summed E-state index contributed by atoms with van der Waals surface area (Å²) >= 11 is 0. The van der Waals surface area contributed by atoms with E-state index in [-0.39, 0.29) is 18.9 Å². The SMILES string of the molecule is CCC(NC(=O)[C@H](CC(C)C)NC(=O)OCc1ccccc1)C(=O)C(=O)NCCCN1CCOCC1. The second-order valence-electron chi connectivity index (χ2n) is 9.29. The molecule has 10 nitrogen and oxygen atoms in total. The summed E-state index contributed by atoms with van der Waals surface area (Å²) in [7, 11) is 0. The molecule has 1 fully saturated rings. The van der Waals surface area contributed by atoms with Crippen LogP contribution in [0.25, 0.3) is 0 Å². The quantitative estimate of drug-likeness (QED) is 0.260. The molecule has 0 spiro atoms. The van der Waals surface area contributed by atoms with Gasteiger partial charge in [-0.15, -0.1) is 0 Å². The van der Waals surface area contributed by atoms with Crippen LogP contribution in [0.4, 0.5) is 4.79 Å². The van der Waals surface area contributed by atoms with Crippen molar-refractivity contribution in [1.82, 2.24) is 20.9 Å². The highest BCUT2D eigenvalue weighted by Crippen LogP contribution is 2.08. The normalized spacial score (nSPS) is 15.6. The highest BCUT2D eigenvalue weighted by atomic mass is 16.5. The average Bonchev–Trinajstić information content (AvgIpc) is 2.88. The summed E-state index contributed by atoms with van der Waals surface area (Å²) in [5, 5.41) is 7.87. The Bertz CT molecular complexity index is 842. The fourth-order valence-corrected chi connectivity index (χ4v) is 3.81. The molecule has 0 bridgehead atoms. The largest absolute Gasteiger partial charge is 0.445 e. The van der Waals surface area contributed by atoms with Gasteiger partial charge in [0.1, 0.15) is 12.6 Å². The highest BCUT2D eigenvalue weighted by molar-refractivity contribution is 6.38. The van der Waals surface area contributed by atoms with E-state index >= 15 is 0 Å². The van der Waals surface area contributed by atoms with E-state index in [1.807, 2.05) is 44.2 Å². The van der Waals surface area contributed by atoms with E-state index in [2.05, 4.69) is 20.9 Å². The molecule has 200 valence electrons. The van der Waals surface area contributed by atoms with Gasteiger partial charge in [0.05, 0.1) is 19.3 Å². The van der Waals surface area contributed by atoms with Crippen LogP contribution in [0.3, 0.4) is 0 Å². The number of Topliss-reactive ketones (excluding diaryl/α,β-unsaturated/α-hetero) is 1. The molecular formula is C26H40N4O6. The lowest BCUT2D eigenvalue weighted by Crippen LogP contribution is -2.54. The maximum atomic E-state index is 12.9. The van der Waals surface area contributed by atoms with Crippen LogP contribution >= 0.6 is 0 Å². The number of nitrogens with one attached hydrogen (secondary N) is 3. The van der Waals surface area contributed by atoms with Gasteiger partial charge in [0.15, 0.2) is 0 Å². The Labute approximate surface area is 213 Å². The molecule has 1 aliphatic rings. The van der Waals surface area contributed by atoms with Crippen molar-refractivity contribution in [1.29, 1.82) is 0 Å². The van der Waals surface area contributed by atoms with Gasteiger partial charge in [-0.3, -0.25) is 19.3 Å². The lowest BCUT2D eigenvalue weighted by atomic mass is 10.0. The number of alkyl carbamates (subject to hydrolysis) is 1. The van der Waals surface area contributed by atoms with Crippen LogP contribution < -0.4 is 16.0 Å². The second-order valence-corrected chi connectivity index (χ2v) is 9.29. The van der Waals surface area contributed by atoms with Crippen molar-refractivity contribution in [3.05, 3.63) is 35.9 Å². The van der Waals surface area contributed by atoms with Gasteiger partial charge in [0.25, 0.3) is 5.91 Å². The summed E-state index contributed by atoms with van der Waals surface area (Å²) in [5.74, 6) is -1.85. The van der Waals surface area contributed by atoms with Gasteiger partial charge in [-0.05, 0) is 37.3 Å². The highest BCUT2D eigenvalue weighted by Gasteiger charge is 2.29. The number of hydrogen-bond acceptors (Lipinski definition) is 7. The molecule has 1 saturated heterocycles. The molecule has 0 radical (unpaired) electrons. The zero-order valence-corrected chi connectivity index (χ0v) is 21.6. The van der Waals surface area contributed by atoms with E-state index < -0.39 is 35.8 Å². The summed E-state index contributed by atoms with van der Waals surface area (Å²) in [6.45, 7) is 9.96. The van der Waals surface area contributed by atoms with Gasteiger partial charge < -0.3 is 25.4 Å². The Hall–Kier alpha value is -2.98. The van der Waals surface area contributed by atoms with E-state index in [0.29, 0.717) is 32.6 Å². The fourth-order valence-electron chi connectivity index (χ4n) is 3.81. The smallest absolute Gasteiger partial charge is 0.408 e. The minimum absolute atomic E-state index is 0.0739. The van der Waals surface area contributed by atoms with Crippen molar-refractivity contribution in [3.63, 3.8) is 0 Å². The summed E-state index contributed by atoms with van der Waals surface area (Å²) < 4.78 is 10.5. The van der Waals surface area contributed by atoms with Gasteiger partial charge in [-0.1, -0.05) is 51.1 Å². The lowest BCUT2D eigenvalue weighted by molar-refractivity contribution is -0.140. The van der Waals surface area contributed by atoms with Crippen molar-refractivity contribution in [2.45, 2.75) is 58.7 Å². The number of amides is 3. The molecule has 1 heterocycles. The molecule has 1 aromatic carbocycles. The number of morpholine rings is 1. The first-order valence-corrected chi connectivity index (χ1v) is 12.7. The topological polar surface area (TPSA) is 126 Å². The van der Waals surface area contributed by atoms with Crippen molar-refractivity contribution in [2.24, 2.45) is 5.92 Å². The zero-order valence-electron chi connectivity index (χ0n) is 21.6. The predicted octanol–water partition coefficient (Wildman–Crippen LogP) is 1.63. The first kappa shape index (κ1) is 29.3. The molecule has 0 aliphatic carbocycles. The molecule has 1 aromatic rings. The molecule has 2 atom stereocenters. The van der Waals surface area contributed by atoms with E-state index in [9.17, 15) is 19.2 Å². The summed E-state index contributed by atoms with van der Waals surface area (Å²) in [6, 6.07) is 7.33. The minimum atomic E-state index is -0.978. The molecule has 3 N–H and O–H groups in total. The molecule has 2 rings (SSSR count). The molecule has 3 amide bonds. The van der Waals surface area contributed by atoms with Gasteiger partial charge in [-0.2, -0.15) is 0 Å². The molecule has 36 heavy (non-hydrogen) atoms. The van der Waals surface area contributed by atoms with Crippen molar-refractivity contribution >= 4 is 23.7 Å². The summed E-state index contributed by atoms with van der Waals surface area (Å²) in [4.78, 5) is 52.6. The van der Waals surface area contributed by atoms with Crippen LogP contribution in [0.5, 0.6) is 0 Å². The Morgan fingerprint density at radius 1 is 1.03 bits per heavy atom. The third kappa shape index (κ3) is 10.7. The number of rotatable bonds is 14. The summed E-state index contributed by atoms with van der Waals surface area (Å²) in [6.07, 6.45) is 0.591. The van der Waals surface area contributed by atoms with Gasteiger partial charge in [-0.25, -0.2) is 4.79 Å². The summed E-state index contributed by atoms with van der Waals surface area (Å²) in [5.41, 5.74) is 0.824. The molecule has 1 aliphatic heterocycles. The van der Waals surface area contributed by atoms with Gasteiger partial charge >= 0.3 is 6.09 Å². The van der Waals surface area contributed by atoms with Crippen LogP contribution in [0.1, 0.15) is 45.6 Å². The van der Waals surface area contributed by atoms with Crippen LogP contribution in [0.2, 0.25) is 0 Å². The number of ketones is 1. The van der Waals surface area contributed by atoms with E-state index in [0.717, 1.165) is 25.2 Å². The molecule has 1 unspecified atom stereocenters. The number of hydrogen-bond donors (Lipinski definition) is 3. The van der Waals surface area contributed by atoms with E-state index in [1.165, 1.54) is 0 Å². The van der Waals surface area contributed by atoms with E-state index in [4.69, 9.17) is 9.47 Å². The minimum Gasteiger partial charge on any atom is -0.445 e. The van der Waals surface area contributed by atoms with Crippen molar-refractivity contribution in [3.8, 4) is 0 Å². The van der Waals surface area contributed by atoms with Gasteiger partial charge in [0, 0.05) is 19.6 Å². The number of ether oxygens (including phenoxy) is 2.